The van der Waals surface area contributed by atoms with Crippen LogP contribution in [0.5, 0.6) is 17.2 Å². The number of unbranched alkanes of at least 4 members (excludes halogenated alkanes) is 1. The molecule has 0 amide bonds. The number of benzene rings is 4. The quantitative estimate of drug-likeness (QED) is 0.0413. The second-order valence-corrected chi connectivity index (χ2v) is 16.5. The lowest BCUT2D eigenvalue weighted by atomic mass is 9.89. The van der Waals surface area contributed by atoms with E-state index in [4.69, 9.17) is 9.47 Å². The number of hydrogen-bond donors (Lipinski definition) is 8. The summed E-state index contributed by atoms with van der Waals surface area (Å²) < 4.78 is 12.5. The summed E-state index contributed by atoms with van der Waals surface area (Å²) in [6.45, 7) is 2.38. The Labute approximate surface area is 330 Å². The van der Waals surface area contributed by atoms with Gasteiger partial charge in [0.25, 0.3) is 0 Å². The summed E-state index contributed by atoms with van der Waals surface area (Å²) in [6, 6.07) is 18.2. The number of aliphatic hydroxyl groups excluding tert-OH is 4. The number of phenols is 2. The maximum Gasteiger partial charge on any atom is 0.168 e. The molecule has 0 bridgehead atoms. The summed E-state index contributed by atoms with van der Waals surface area (Å²) >= 11 is 0. The molecule has 8 N–H and O–H groups in total. The van der Waals surface area contributed by atoms with Gasteiger partial charge in [-0.25, -0.2) is 0 Å². The van der Waals surface area contributed by atoms with Crippen LogP contribution < -0.4 is 15.4 Å². The van der Waals surface area contributed by atoms with Crippen molar-refractivity contribution in [3.05, 3.63) is 82.9 Å². The zero-order valence-electron chi connectivity index (χ0n) is 31.5. The lowest BCUT2D eigenvalue weighted by Crippen LogP contribution is -2.31. The second-order valence-electron chi connectivity index (χ2n) is 14.0. The highest BCUT2D eigenvalue weighted by atomic mass is 33.1. The first-order valence-electron chi connectivity index (χ1n) is 18.8. The number of rotatable bonds is 13. The number of fused-ring (bicyclic) bond motifs is 5. The fraction of sp³-hybridized carbons (Fsp3) is 0.452. The van der Waals surface area contributed by atoms with Crippen LogP contribution in [-0.4, -0.2) is 87.3 Å². The van der Waals surface area contributed by atoms with Gasteiger partial charge in [0.2, 0.25) is 0 Å². The van der Waals surface area contributed by atoms with E-state index in [2.05, 4.69) is 10.6 Å². The molecule has 1 heterocycles. The molecule has 4 aromatic rings. The topological polar surface area (TPSA) is 181 Å². The Morgan fingerprint density at radius 1 is 0.964 bits per heavy atom. The normalized spacial score (nSPS) is 18.3. The summed E-state index contributed by atoms with van der Waals surface area (Å²) in [5.74, 6) is 1.40. The lowest BCUT2D eigenvalue weighted by molar-refractivity contribution is -0.124. The van der Waals surface area contributed by atoms with Crippen molar-refractivity contribution in [3.8, 4) is 28.4 Å². The van der Waals surface area contributed by atoms with Crippen LogP contribution in [0.15, 0.2) is 60.7 Å². The van der Waals surface area contributed by atoms with Crippen LogP contribution in [0.2, 0.25) is 0 Å². The number of ether oxygens (including phenoxy) is 2. The SMILES string of the molecule is COc1c(O)ccc2c1-c1ccc3ccc(O)cc3c1CSSC[C@@H](O)CC[C@@H](O[C@H](NCCCCO)c1ccc(NC[C@H](C)O)c(CO)c1)CC(=O)CC2. The highest BCUT2D eigenvalue weighted by Crippen LogP contribution is 2.45. The van der Waals surface area contributed by atoms with E-state index < -0.39 is 24.5 Å². The number of carbonyl (C=O) groups is 1. The molecule has 0 unspecified atom stereocenters. The van der Waals surface area contributed by atoms with Gasteiger partial charge >= 0.3 is 0 Å². The molecular formula is C42H54N2O9S2. The van der Waals surface area contributed by atoms with E-state index in [9.17, 15) is 35.4 Å². The molecule has 13 heteroatoms. The minimum absolute atomic E-state index is 0.0174. The average Bonchev–Trinajstić information content (AvgIpc) is 3.17. The van der Waals surface area contributed by atoms with Crippen molar-refractivity contribution in [1.82, 2.24) is 5.32 Å². The number of phenolic OH excluding ortho intramolecular Hbond substituents is 2. The molecular weight excluding hydrogens is 741 g/mol. The fourth-order valence-electron chi connectivity index (χ4n) is 6.86. The molecule has 0 spiro atoms. The summed E-state index contributed by atoms with van der Waals surface area (Å²) in [4.78, 5) is 13.9. The van der Waals surface area contributed by atoms with Gasteiger partial charge in [-0.1, -0.05) is 51.9 Å². The Kier molecular flexibility index (Phi) is 16.4. The van der Waals surface area contributed by atoms with Gasteiger partial charge in [0.05, 0.1) is 32.0 Å². The van der Waals surface area contributed by atoms with E-state index in [1.54, 1.807) is 46.7 Å². The van der Waals surface area contributed by atoms with E-state index in [1.165, 1.54) is 7.11 Å². The smallest absolute Gasteiger partial charge is 0.168 e. The third-order valence-corrected chi connectivity index (χ3v) is 12.1. The molecule has 4 aromatic carbocycles. The van der Waals surface area contributed by atoms with Gasteiger partial charge in [0.1, 0.15) is 17.8 Å². The zero-order valence-corrected chi connectivity index (χ0v) is 33.1. The van der Waals surface area contributed by atoms with E-state index >= 15 is 0 Å². The molecule has 5 rings (SSSR count). The van der Waals surface area contributed by atoms with Crippen LogP contribution in [0.1, 0.15) is 73.9 Å². The molecule has 55 heavy (non-hydrogen) atoms. The zero-order chi connectivity index (χ0) is 39.3. The van der Waals surface area contributed by atoms with Gasteiger partial charge in [-0.2, -0.15) is 0 Å². The Hall–Kier alpha value is -3.53. The number of ketones is 1. The van der Waals surface area contributed by atoms with Crippen molar-refractivity contribution < 1.29 is 44.9 Å². The highest BCUT2D eigenvalue weighted by molar-refractivity contribution is 8.76. The Morgan fingerprint density at radius 2 is 1.78 bits per heavy atom. The number of hydrogen-bond acceptors (Lipinski definition) is 13. The van der Waals surface area contributed by atoms with Crippen LogP contribution in [0.4, 0.5) is 5.69 Å². The highest BCUT2D eigenvalue weighted by Gasteiger charge is 2.25. The minimum Gasteiger partial charge on any atom is -0.508 e. The minimum atomic E-state index is -0.656. The molecule has 1 aliphatic heterocycles. The first-order chi connectivity index (χ1) is 26.6. The molecule has 0 aromatic heterocycles. The Balaban J connectivity index is 1.46. The number of methoxy groups -OCH3 is 1. The van der Waals surface area contributed by atoms with Crippen molar-refractivity contribution in [2.45, 2.75) is 88.8 Å². The molecule has 0 radical (unpaired) electrons. The van der Waals surface area contributed by atoms with Crippen LogP contribution in [-0.2, 0) is 28.3 Å². The first kappa shape index (κ1) is 42.6. The third-order valence-electron chi connectivity index (χ3n) is 9.74. The summed E-state index contributed by atoms with van der Waals surface area (Å²) in [5, 5.41) is 70.3. The van der Waals surface area contributed by atoms with E-state index in [-0.39, 0.29) is 43.3 Å². The number of aryl methyl sites for hydroxylation is 1. The Bertz CT molecular complexity index is 1880. The summed E-state index contributed by atoms with van der Waals surface area (Å²) in [5.41, 5.74) is 5.40. The molecule has 298 valence electrons. The largest absolute Gasteiger partial charge is 0.508 e. The summed E-state index contributed by atoms with van der Waals surface area (Å²) in [6.07, 6.45) is 0.436. The molecule has 0 fully saturated rings. The average molecular weight is 795 g/mol. The van der Waals surface area contributed by atoms with Gasteiger partial charge in [-0.3, -0.25) is 10.1 Å². The van der Waals surface area contributed by atoms with E-state index in [1.807, 2.05) is 42.5 Å². The molecule has 0 aliphatic carbocycles. The van der Waals surface area contributed by atoms with E-state index in [0.717, 1.165) is 33.0 Å². The van der Waals surface area contributed by atoms with Crippen LogP contribution in [0.25, 0.3) is 21.9 Å². The number of nitrogens with one attached hydrogen (secondary N) is 2. The van der Waals surface area contributed by atoms with Crippen LogP contribution in [0, 0.1) is 0 Å². The third kappa shape index (κ3) is 11.7. The van der Waals surface area contributed by atoms with Gasteiger partial charge in [0, 0.05) is 54.3 Å². The standard InChI is InChI=1S/C42H54N2O9S2/c1-26(47)22-44-38-15-8-29(19-30(38)23-46)42(43-17-3-4-18-45)53-34-13-12-33(50)24-54-55-25-37-35(14-7-27-5-10-32(49)21-36(27)37)40-28(6-11-31(48)20-34)9-16-39(51)41(40)52-2/h5,7-10,14-16,19,21,26,33-34,42-47,49-51H,3-4,6,11-13,17-18,20,22-25H2,1-2H3/t26-,33-,34+,42-/m0/s1. The summed E-state index contributed by atoms with van der Waals surface area (Å²) in [7, 11) is 4.66. The van der Waals surface area contributed by atoms with Crippen LogP contribution in [0.3, 0.4) is 0 Å². The molecule has 11 nitrogen and oxygen atoms in total. The van der Waals surface area contributed by atoms with Crippen molar-refractivity contribution >= 4 is 43.8 Å². The number of aromatic hydroxyl groups is 2. The predicted octanol–water partition coefficient (Wildman–Crippen LogP) is 6.59. The van der Waals surface area contributed by atoms with Gasteiger partial charge in [-0.15, -0.1) is 0 Å². The number of Topliss-reactive ketones (excluding diaryl/α,β-unsaturated/α-hetero) is 1. The van der Waals surface area contributed by atoms with Crippen molar-refractivity contribution in [1.29, 1.82) is 0 Å². The monoisotopic (exact) mass is 794 g/mol. The maximum atomic E-state index is 13.9. The lowest BCUT2D eigenvalue weighted by Gasteiger charge is -2.28. The van der Waals surface area contributed by atoms with Gasteiger partial charge in [0.15, 0.2) is 11.5 Å². The van der Waals surface area contributed by atoms with Gasteiger partial charge in [-0.05, 0) is 109 Å². The molecule has 4 atom stereocenters. The van der Waals surface area contributed by atoms with Gasteiger partial charge < -0.3 is 45.4 Å². The molecule has 0 saturated carbocycles. The van der Waals surface area contributed by atoms with E-state index in [0.29, 0.717) is 79.3 Å². The van der Waals surface area contributed by atoms with Crippen molar-refractivity contribution in [2.24, 2.45) is 0 Å². The number of aliphatic hydroxyl groups is 4. The second kappa shape index (κ2) is 21.1. The molecule has 0 saturated heterocycles. The maximum absolute atomic E-state index is 13.9. The van der Waals surface area contributed by atoms with Crippen molar-refractivity contribution in [3.63, 3.8) is 0 Å². The Morgan fingerprint density at radius 3 is 2.55 bits per heavy atom. The first-order valence-corrected chi connectivity index (χ1v) is 21.3. The molecule has 1 aliphatic rings. The predicted molar refractivity (Wildman–Crippen MR) is 221 cm³/mol. The van der Waals surface area contributed by atoms with Crippen LogP contribution >= 0.6 is 21.6 Å². The number of anilines is 1. The number of carbonyl (C=O) groups excluding carboxylic acids is 1. The van der Waals surface area contributed by atoms with Crippen molar-refractivity contribution in [2.75, 3.05) is 37.9 Å². The fourth-order valence-corrected chi connectivity index (χ4v) is 9.16.